The van der Waals surface area contributed by atoms with E-state index in [2.05, 4.69) is 10.3 Å². The van der Waals surface area contributed by atoms with Crippen molar-refractivity contribution in [2.45, 2.75) is 32.9 Å². The molecule has 4 rings (SSSR count). The van der Waals surface area contributed by atoms with Crippen molar-refractivity contribution in [1.82, 2.24) is 14.5 Å². The average molecular weight is 571 g/mol. The van der Waals surface area contributed by atoms with E-state index in [0.29, 0.717) is 18.0 Å². The number of ether oxygens (including phenoxy) is 2. The van der Waals surface area contributed by atoms with Gasteiger partial charge in [0.1, 0.15) is 19.0 Å². The maximum absolute atomic E-state index is 13.5. The highest BCUT2D eigenvalue weighted by Crippen LogP contribution is 2.32. The van der Waals surface area contributed by atoms with Crippen LogP contribution < -0.4 is 15.6 Å². The van der Waals surface area contributed by atoms with E-state index in [1.807, 2.05) is 68.4 Å². The standard InChI is InChI=1S/C32H34N4O6/c1-22-14-15-24(30(38)39)20-26(22)36-17-16-33-28(29(36)37)34-32(2,3)25-12-8-9-13-27(25)41-19-18-35(4)31(40)42-21-23-10-6-5-7-11-23/h5-17,20H,18-19,21H2,1-4H3,(H,33,34)(H,38,39). The molecule has 0 fully saturated rings. The maximum Gasteiger partial charge on any atom is 0.409 e. The highest BCUT2D eigenvalue weighted by molar-refractivity contribution is 5.88. The molecule has 0 aliphatic rings. The molecule has 0 aliphatic heterocycles. The number of hydrogen-bond donors (Lipinski definition) is 2. The Morgan fingerprint density at radius 2 is 1.76 bits per heavy atom. The molecule has 0 aliphatic carbocycles. The Hall–Kier alpha value is -5.12. The van der Waals surface area contributed by atoms with Gasteiger partial charge in [-0.2, -0.15) is 0 Å². The first-order chi connectivity index (χ1) is 20.1. The maximum atomic E-state index is 13.5. The second-order valence-corrected chi connectivity index (χ2v) is 10.3. The number of nitrogens with zero attached hydrogens (tertiary/aromatic N) is 3. The Bertz CT molecular complexity index is 1620. The van der Waals surface area contributed by atoms with Crippen molar-refractivity contribution in [3.8, 4) is 11.4 Å². The summed E-state index contributed by atoms with van der Waals surface area (Å²) in [4.78, 5) is 43.1. The topological polar surface area (TPSA) is 123 Å². The van der Waals surface area contributed by atoms with E-state index in [1.165, 1.54) is 34.0 Å². The van der Waals surface area contributed by atoms with Crippen LogP contribution in [0.5, 0.6) is 5.75 Å². The van der Waals surface area contributed by atoms with Crippen molar-refractivity contribution in [3.63, 3.8) is 0 Å². The SMILES string of the molecule is Cc1ccc(C(=O)O)cc1-n1ccnc(NC(C)(C)c2ccccc2OCCN(C)C(=O)OCc2ccccc2)c1=O. The van der Waals surface area contributed by atoms with Gasteiger partial charge in [-0.15, -0.1) is 0 Å². The Balaban J connectivity index is 1.45. The van der Waals surface area contributed by atoms with Crippen molar-refractivity contribution in [2.24, 2.45) is 0 Å². The van der Waals surface area contributed by atoms with E-state index in [9.17, 15) is 19.5 Å². The van der Waals surface area contributed by atoms with Crippen LogP contribution in [0.3, 0.4) is 0 Å². The fourth-order valence-electron chi connectivity index (χ4n) is 4.37. The summed E-state index contributed by atoms with van der Waals surface area (Å²) < 4.78 is 12.8. The van der Waals surface area contributed by atoms with E-state index in [1.54, 1.807) is 20.0 Å². The predicted octanol–water partition coefficient (Wildman–Crippen LogP) is 5.23. The number of aromatic nitrogens is 2. The third kappa shape index (κ3) is 7.14. The Labute approximate surface area is 244 Å². The van der Waals surface area contributed by atoms with E-state index in [0.717, 1.165) is 16.7 Å². The molecular weight excluding hydrogens is 536 g/mol. The summed E-state index contributed by atoms with van der Waals surface area (Å²) in [6, 6.07) is 21.5. The van der Waals surface area contributed by atoms with Gasteiger partial charge in [0.05, 0.1) is 23.3 Å². The second-order valence-electron chi connectivity index (χ2n) is 10.3. The third-order valence-corrected chi connectivity index (χ3v) is 6.75. The van der Waals surface area contributed by atoms with Crippen LogP contribution >= 0.6 is 0 Å². The molecule has 42 heavy (non-hydrogen) atoms. The lowest BCUT2D eigenvalue weighted by Crippen LogP contribution is -2.34. The number of carboxylic acid groups (broad SMARTS) is 1. The van der Waals surface area contributed by atoms with Gasteiger partial charge >= 0.3 is 12.1 Å². The van der Waals surface area contributed by atoms with Crippen molar-refractivity contribution in [1.29, 1.82) is 0 Å². The summed E-state index contributed by atoms with van der Waals surface area (Å²) in [6.45, 7) is 6.31. The number of carbonyl (C=O) groups excluding carboxylic acids is 1. The average Bonchev–Trinajstić information content (AvgIpc) is 2.98. The summed E-state index contributed by atoms with van der Waals surface area (Å²) in [5, 5.41) is 12.6. The van der Waals surface area contributed by atoms with Crippen molar-refractivity contribution in [2.75, 3.05) is 25.5 Å². The molecule has 0 spiro atoms. The number of nitrogens with one attached hydrogen (secondary N) is 1. The number of carbonyl (C=O) groups is 2. The van der Waals surface area contributed by atoms with Gasteiger partial charge in [-0.25, -0.2) is 14.6 Å². The van der Waals surface area contributed by atoms with Crippen LogP contribution in [0, 0.1) is 6.92 Å². The molecule has 3 aromatic carbocycles. The van der Waals surface area contributed by atoms with Crippen LogP contribution in [0.1, 0.15) is 40.9 Å². The molecule has 10 heteroatoms. The number of amides is 1. The number of rotatable bonds is 11. The quantitative estimate of drug-likeness (QED) is 0.251. The van der Waals surface area contributed by atoms with E-state index in [-0.39, 0.29) is 24.6 Å². The molecule has 1 amide bonds. The van der Waals surface area contributed by atoms with Gasteiger partial charge in [0.2, 0.25) is 0 Å². The van der Waals surface area contributed by atoms with Gasteiger partial charge in [-0.3, -0.25) is 9.36 Å². The molecule has 4 aromatic rings. The highest BCUT2D eigenvalue weighted by Gasteiger charge is 2.26. The molecule has 0 radical (unpaired) electrons. The number of carboxylic acids is 1. The minimum atomic E-state index is -1.08. The van der Waals surface area contributed by atoms with Crippen molar-refractivity contribution in [3.05, 3.63) is 118 Å². The molecule has 2 N–H and O–H groups in total. The number of likely N-dealkylation sites (N-methyl/N-ethyl adjacent to an activating group) is 1. The molecule has 10 nitrogen and oxygen atoms in total. The predicted molar refractivity (Wildman–Crippen MR) is 159 cm³/mol. The smallest absolute Gasteiger partial charge is 0.409 e. The van der Waals surface area contributed by atoms with Crippen LogP contribution in [0.2, 0.25) is 0 Å². The molecule has 218 valence electrons. The minimum absolute atomic E-state index is 0.0790. The van der Waals surface area contributed by atoms with Gasteiger partial charge < -0.3 is 24.8 Å². The number of benzene rings is 3. The van der Waals surface area contributed by atoms with Crippen LogP contribution in [0.4, 0.5) is 10.6 Å². The molecule has 1 aromatic heterocycles. The molecule has 0 unspecified atom stereocenters. The zero-order chi connectivity index (χ0) is 30.3. The molecule has 0 saturated carbocycles. The van der Waals surface area contributed by atoms with Gasteiger partial charge in [0.15, 0.2) is 5.82 Å². The molecule has 0 saturated heterocycles. The first-order valence-corrected chi connectivity index (χ1v) is 13.4. The van der Waals surface area contributed by atoms with Crippen LogP contribution in [-0.2, 0) is 16.9 Å². The number of aromatic carboxylic acids is 1. The van der Waals surface area contributed by atoms with Crippen molar-refractivity contribution >= 4 is 17.9 Å². The largest absolute Gasteiger partial charge is 0.491 e. The fraction of sp³-hybridized carbons (Fsp3) is 0.250. The zero-order valence-electron chi connectivity index (χ0n) is 24.0. The third-order valence-electron chi connectivity index (χ3n) is 6.75. The van der Waals surface area contributed by atoms with Gasteiger partial charge in [-0.1, -0.05) is 54.6 Å². The summed E-state index contributed by atoms with van der Waals surface area (Å²) in [6.07, 6.45) is 2.54. The lowest BCUT2D eigenvalue weighted by Gasteiger charge is -2.29. The van der Waals surface area contributed by atoms with Crippen LogP contribution in [0.25, 0.3) is 5.69 Å². The normalized spacial score (nSPS) is 11.0. The molecule has 0 bridgehead atoms. The van der Waals surface area contributed by atoms with Gasteiger partial charge in [0.25, 0.3) is 5.56 Å². The van der Waals surface area contributed by atoms with Crippen LogP contribution in [0.15, 0.2) is 90.0 Å². The number of anilines is 1. The van der Waals surface area contributed by atoms with Crippen LogP contribution in [-0.4, -0.2) is 51.8 Å². The highest BCUT2D eigenvalue weighted by atomic mass is 16.6. The molecule has 1 heterocycles. The van der Waals surface area contributed by atoms with E-state index < -0.39 is 23.2 Å². The van der Waals surface area contributed by atoms with E-state index >= 15 is 0 Å². The minimum Gasteiger partial charge on any atom is -0.491 e. The monoisotopic (exact) mass is 570 g/mol. The van der Waals surface area contributed by atoms with Gasteiger partial charge in [0, 0.05) is 25.0 Å². The first kappa shape index (κ1) is 29.9. The zero-order valence-corrected chi connectivity index (χ0v) is 24.0. The molecule has 0 atom stereocenters. The van der Waals surface area contributed by atoms with Crippen molar-refractivity contribution < 1.29 is 24.2 Å². The Morgan fingerprint density at radius 1 is 1.05 bits per heavy atom. The Kier molecular flexibility index (Phi) is 9.26. The number of para-hydroxylation sites is 1. The summed E-state index contributed by atoms with van der Waals surface area (Å²) in [5.41, 5.74) is 1.74. The second kappa shape index (κ2) is 13.0. The summed E-state index contributed by atoms with van der Waals surface area (Å²) in [7, 11) is 1.65. The fourth-order valence-corrected chi connectivity index (χ4v) is 4.37. The number of aryl methyl sites for hydroxylation is 1. The Morgan fingerprint density at radius 3 is 2.50 bits per heavy atom. The molecular formula is C32H34N4O6. The first-order valence-electron chi connectivity index (χ1n) is 13.4. The number of hydrogen-bond acceptors (Lipinski definition) is 7. The summed E-state index contributed by atoms with van der Waals surface area (Å²) >= 11 is 0. The summed E-state index contributed by atoms with van der Waals surface area (Å²) in [5.74, 6) is -0.398. The lowest BCUT2D eigenvalue weighted by atomic mass is 9.93. The van der Waals surface area contributed by atoms with E-state index in [4.69, 9.17) is 9.47 Å². The van der Waals surface area contributed by atoms with Gasteiger partial charge in [-0.05, 0) is 50.1 Å². The lowest BCUT2D eigenvalue weighted by molar-refractivity contribution is 0.0696.